The molecule has 12 heteroatoms. The number of benzene rings is 3. The van der Waals surface area contributed by atoms with E-state index in [-0.39, 0.29) is 41.7 Å². The van der Waals surface area contributed by atoms with Crippen LogP contribution >= 0.6 is 15.9 Å². The number of non-ortho nitro benzene ring substituents is 1. The van der Waals surface area contributed by atoms with Gasteiger partial charge in [0.1, 0.15) is 5.75 Å². The molecule has 1 atom stereocenters. The van der Waals surface area contributed by atoms with Crippen molar-refractivity contribution in [1.29, 1.82) is 0 Å². The van der Waals surface area contributed by atoms with Gasteiger partial charge in [-0.05, 0) is 42.5 Å². The van der Waals surface area contributed by atoms with Gasteiger partial charge in [0, 0.05) is 34.8 Å². The van der Waals surface area contributed by atoms with Gasteiger partial charge in [0.25, 0.3) is 5.69 Å². The number of nitrogens with zero attached hydrogens (tertiary/aromatic N) is 2. The number of carbonyl (C=O) groups is 4. The van der Waals surface area contributed by atoms with Crippen molar-refractivity contribution in [2.24, 2.45) is 5.92 Å². The molecule has 0 radical (unpaired) electrons. The van der Waals surface area contributed by atoms with Crippen LogP contribution in [0.15, 0.2) is 71.2 Å². The molecule has 2 amide bonds. The highest BCUT2D eigenvalue weighted by molar-refractivity contribution is 9.10. The number of nitro benzene ring substituents is 1. The summed E-state index contributed by atoms with van der Waals surface area (Å²) in [6, 6.07) is 16.5. The van der Waals surface area contributed by atoms with Crippen molar-refractivity contribution in [3.63, 3.8) is 0 Å². The van der Waals surface area contributed by atoms with Gasteiger partial charge in [0.15, 0.2) is 12.4 Å². The number of rotatable bonds is 9. The second kappa shape index (κ2) is 11.9. The highest BCUT2D eigenvalue weighted by atomic mass is 79.9. The Morgan fingerprint density at radius 2 is 1.72 bits per heavy atom. The molecule has 0 bridgehead atoms. The molecule has 39 heavy (non-hydrogen) atoms. The molecule has 4 rings (SSSR count). The van der Waals surface area contributed by atoms with Crippen LogP contribution < -0.4 is 15.0 Å². The van der Waals surface area contributed by atoms with Crippen LogP contribution in [0.3, 0.4) is 0 Å². The number of ether oxygens (including phenoxy) is 2. The molecule has 1 aliphatic rings. The number of carbonyl (C=O) groups excluding carboxylic acids is 4. The van der Waals surface area contributed by atoms with Crippen molar-refractivity contribution >= 4 is 56.6 Å². The van der Waals surface area contributed by atoms with Gasteiger partial charge in [-0.25, -0.2) is 4.79 Å². The predicted octanol–water partition coefficient (Wildman–Crippen LogP) is 4.40. The van der Waals surface area contributed by atoms with Crippen LogP contribution in [-0.2, 0) is 14.3 Å². The summed E-state index contributed by atoms with van der Waals surface area (Å²) in [4.78, 5) is 61.9. The van der Waals surface area contributed by atoms with E-state index in [0.29, 0.717) is 16.9 Å². The molecule has 200 valence electrons. The van der Waals surface area contributed by atoms with E-state index in [1.807, 2.05) is 0 Å². The van der Waals surface area contributed by atoms with E-state index in [0.717, 1.165) is 4.47 Å². The first kappa shape index (κ1) is 27.5. The molecule has 3 aromatic carbocycles. The van der Waals surface area contributed by atoms with E-state index in [1.54, 1.807) is 24.3 Å². The van der Waals surface area contributed by atoms with Gasteiger partial charge in [-0.3, -0.25) is 24.5 Å². The first-order valence-corrected chi connectivity index (χ1v) is 12.4. The van der Waals surface area contributed by atoms with Crippen molar-refractivity contribution in [3.8, 4) is 5.75 Å². The normalized spacial score (nSPS) is 14.6. The van der Waals surface area contributed by atoms with Crippen molar-refractivity contribution in [2.45, 2.75) is 6.42 Å². The van der Waals surface area contributed by atoms with Gasteiger partial charge in [-0.2, -0.15) is 0 Å². The summed E-state index contributed by atoms with van der Waals surface area (Å²) >= 11 is 3.29. The molecule has 1 aliphatic heterocycles. The topological polar surface area (TPSA) is 145 Å². The Balaban J connectivity index is 1.33. The minimum Gasteiger partial charge on any atom is -0.494 e. The van der Waals surface area contributed by atoms with Crippen LogP contribution in [0.1, 0.15) is 27.1 Å². The lowest BCUT2D eigenvalue weighted by Gasteiger charge is -2.19. The van der Waals surface area contributed by atoms with Gasteiger partial charge in [0.2, 0.25) is 11.8 Å². The Morgan fingerprint density at radius 1 is 1.05 bits per heavy atom. The number of esters is 1. The van der Waals surface area contributed by atoms with Gasteiger partial charge >= 0.3 is 5.97 Å². The summed E-state index contributed by atoms with van der Waals surface area (Å²) in [6.07, 6.45) is -0.0528. The molecule has 1 saturated heterocycles. The Kier molecular flexibility index (Phi) is 8.35. The maximum atomic E-state index is 12.8. The zero-order valence-corrected chi connectivity index (χ0v) is 22.2. The molecular weight excluding hydrogens is 574 g/mol. The van der Waals surface area contributed by atoms with Crippen molar-refractivity contribution in [1.82, 2.24) is 0 Å². The third-order valence-electron chi connectivity index (χ3n) is 6.05. The number of halogens is 1. The lowest BCUT2D eigenvalue weighted by Crippen LogP contribution is -2.28. The molecule has 1 N–H and O–H groups in total. The highest BCUT2D eigenvalue weighted by Crippen LogP contribution is 2.36. The zero-order chi connectivity index (χ0) is 28.1. The summed E-state index contributed by atoms with van der Waals surface area (Å²) in [7, 11) is 1.34. The van der Waals surface area contributed by atoms with Crippen LogP contribution in [0.5, 0.6) is 5.75 Å². The summed E-state index contributed by atoms with van der Waals surface area (Å²) in [5.74, 6) is -2.27. The van der Waals surface area contributed by atoms with Crippen LogP contribution in [-0.4, -0.2) is 48.8 Å². The molecule has 0 aliphatic carbocycles. The minimum atomic E-state index is -0.688. The van der Waals surface area contributed by atoms with Gasteiger partial charge < -0.3 is 19.7 Å². The highest BCUT2D eigenvalue weighted by Gasteiger charge is 2.36. The van der Waals surface area contributed by atoms with Crippen LogP contribution in [0.25, 0.3) is 0 Å². The molecule has 0 saturated carbocycles. The molecule has 0 aromatic heterocycles. The van der Waals surface area contributed by atoms with Gasteiger partial charge in [-0.1, -0.05) is 28.1 Å². The van der Waals surface area contributed by atoms with E-state index >= 15 is 0 Å². The number of Topliss-reactive ketones (excluding diaryl/α,β-unsaturated/α-hetero) is 1. The van der Waals surface area contributed by atoms with Crippen LogP contribution in [0.4, 0.5) is 17.1 Å². The summed E-state index contributed by atoms with van der Waals surface area (Å²) in [5.41, 5.74) is 1.18. The molecule has 3 aromatic rings. The first-order chi connectivity index (χ1) is 18.7. The Morgan fingerprint density at radius 3 is 2.36 bits per heavy atom. The summed E-state index contributed by atoms with van der Waals surface area (Å²) in [6.45, 7) is -0.347. The summed E-state index contributed by atoms with van der Waals surface area (Å²) < 4.78 is 11.1. The number of hydrogen-bond acceptors (Lipinski definition) is 8. The van der Waals surface area contributed by atoms with Gasteiger partial charge in [0.05, 0.1) is 35.3 Å². The number of hydrogen-bond donors (Lipinski definition) is 1. The number of ketones is 1. The number of methoxy groups -OCH3 is 1. The van der Waals surface area contributed by atoms with E-state index in [1.165, 1.54) is 54.5 Å². The second-order valence-electron chi connectivity index (χ2n) is 8.59. The van der Waals surface area contributed by atoms with E-state index < -0.39 is 29.3 Å². The maximum Gasteiger partial charge on any atom is 0.338 e. The largest absolute Gasteiger partial charge is 0.494 e. The van der Waals surface area contributed by atoms with Crippen molar-refractivity contribution < 1.29 is 33.6 Å². The fraction of sp³-hybridized carbons (Fsp3) is 0.185. The fourth-order valence-electron chi connectivity index (χ4n) is 3.99. The summed E-state index contributed by atoms with van der Waals surface area (Å²) in [5, 5.41) is 13.8. The lowest BCUT2D eigenvalue weighted by atomic mass is 10.1. The molecule has 11 nitrogen and oxygen atoms in total. The van der Waals surface area contributed by atoms with Gasteiger partial charge in [-0.15, -0.1) is 0 Å². The quantitative estimate of drug-likeness (QED) is 0.166. The average Bonchev–Trinajstić information content (AvgIpc) is 3.33. The number of nitro groups is 1. The van der Waals surface area contributed by atoms with Crippen molar-refractivity contribution in [2.75, 3.05) is 30.5 Å². The lowest BCUT2D eigenvalue weighted by molar-refractivity contribution is -0.384. The molecule has 0 spiro atoms. The van der Waals surface area contributed by atoms with Crippen LogP contribution in [0.2, 0.25) is 0 Å². The second-order valence-corrected chi connectivity index (χ2v) is 9.51. The molecule has 0 unspecified atom stereocenters. The van der Waals surface area contributed by atoms with E-state index in [9.17, 15) is 29.3 Å². The first-order valence-electron chi connectivity index (χ1n) is 11.7. The maximum absolute atomic E-state index is 12.8. The average molecular weight is 596 g/mol. The van der Waals surface area contributed by atoms with E-state index in [4.69, 9.17) is 9.47 Å². The number of nitrogens with one attached hydrogen (secondary N) is 1. The third kappa shape index (κ3) is 6.47. The standard InChI is InChI=1S/C27H22BrN3O8/c1-38-24-13-21(31(36)37)10-11-22(24)30-14-18(12-25(30)33)26(34)29-20-8-4-17(5-9-20)27(35)39-15-23(32)16-2-6-19(28)7-3-16/h2-11,13,18H,12,14-15H2,1H3,(H,29,34)/t18-/m1/s1. The van der Waals surface area contributed by atoms with E-state index in [2.05, 4.69) is 21.2 Å². The Labute approximate surface area is 231 Å². The Hall–Kier alpha value is -4.58. The fourth-order valence-corrected chi connectivity index (χ4v) is 4.25. The van der Waals surface area contributed by atoms with Crippen LogP contribution in [0, 0.1) is 16.0 Å². The molecule has 1 heterocycles. The zero-order valence-electron chi connectivity index (χ0n) is 20.6. The number of amides is 2. The Bertz CT molecular complexity index is 1440. The number of anilines is 2. The SMILES string of the molecule is COc1cc([N+](=O)[O-])ccc1N1C[C@H](C(=O)Nc2ccc(C(=O)OCC(=O)c3ccc(Br)cc3)cc2)CC1=O. The van der Waals surface area contributed by atoms with Crippen molar-refractivity contribution in [3.05, 3.63) is 92.4 Å². The molecular formula is C27H22BrN3O8. The minimum absolute atomic E-state index is 0.0528. The predicted molar refractivity (Wildman–Crippen MR) is 144 cm³/mol. The third-order valence-corrected chi connectivity index (χ3v) is 6.58. The molecule has 1 fully saturated rings. The smallest absolute Gasteiger partial charge is 0.338 e. The monoisotopic (exact) mass is 595 g/mol.